The number of nitrogens with two attached hydrogens (primary N) is 1. The van der Waals surface area contributed by atoms with Gasteiger partial charge >= 0.3 is 0 Å². The van der Waals surface area contributed by atoms with Crippen LogP contribution >= 0.6 is 12.4 Å². The first kappa shape index (κ1) is 16.0. The minimum atomic E-state index is 0. The standard InChI is InChI=1S/C17H21N3.ClH/c18-10-16-12-20(11-14-6-8-19-9-7-14)13-17(16)15-4-2-1-3-5-15;/h1-9,16-17H,10-13,18H2;1H/t16-,17+;/m1./s1. The van der Waals surface area contributed by atoms with Gasteiger partial charge in [-0.05, 0) is 35.7 Å². The van der Waals surface area contributed by atoms with Gasteiger partial charge in [0.05, 0.1) is 0 Å². The molecule has 1 saturated heterocycles. The van der Waals surface area contributed by atoms with Gasteiger partial charge in [-0.15, -0.1) is 12.4 Å². The Balaban J connectivity index is 0.00000161. The van der Waals surface area contributed by atoms with Crippen molar-refractivity contribution in [2.45, 2.75) is 12.5 Å². The molecule has 0 radical (unpaired) electrons. The van der Waals surface area contributed by atoms with Crippen molar-refractivity contribution in [2.75, 3.05) is 19.6 Å². The molecular weight excluding hydrogens is 282 g/mol. The summed E-state index contributed by atoms with van der Waals surface area (Å²) in [6, 6.07) is 14.9. The highest BCUT2D eigenvalue weighted by atomic mass is 35.5. The minimum absolute atomic E-state index is 0. The maximum atomic E-state index is 5.98. The normalized spacial score (nSPS) is 22.0. The Morgan fingerprint density at radius 3 is 2.43 bits per heavy atom. The van der Waals surface area contributed by atoms with Gasteiger partial charge in [0, 0.05) is 37.9 Å². The molecule has 2 N–H and O–H groups in total. The van der Waals surface area contributed by atoms with Gasteiger partial charge in [0.1, 0.15) is 0 Å². The molecule has 2 atom stereocenters. The monoisotopic (exact) mass is 303 g/mol. The molecule has 1 fully saturated rings. The number of benzene rings is 1. The lowest BCUT2D eigenvalue weighted by Gasteiger charge is -2.16. The highest BCUT2D eigenvalue weighted by Gasteiger charge is 2.32. The van der Waals surface area contributed by atoms with Crippen LogP contribution in [0.15, 0.2) is 54.9 Å². The van der Waals surface area contributed by atoms with Crippen molar-refractivity contribution in [3.05, 3.63) is 66.0 Å². The Morgan fingerprint density at radius 2 is 1.76 bits per heavy atom. The molecule has 112 valence electrons. The van der Waals surface area contributed by atoms with Crippen LogP contribution in [0.5, 0.6) is 0 Å². The van der Waals surface area contributed by atoms with Crippen LogP contribution in [0.25, 0.3) is 0 Å². The molecule has 0 spiro atoms. The molecule has 0 unspecified atom stereocenters. The van der Waals surface area contributed by atoms with Crippen LogP contribution in [0.1, 0.15) is 17.0 Å². The van der Waals surface area contributed by atoms with Crippen molar-refractivity contribution in [2.24, 2.45) is 11.7 Å². The first-order valence-electron chi connectivity index (χ1n) is 7.23. The molecule has 0 bridgehead atoms. The third-order valence-corrected chi connectivity index (χ3v) is 4.20. The fourth-order valence-electron chi connectivity index (χ4n) is 3.15. The van der Waals surface area contributed by atoms with Crippen LogP contribution in [0.3, 0.4) is 0 Å². The molecule has 1 aliphatic heterocycles. The quantitative estimate of drug-likeness (QED) is 0.944. The molecule has 3 rings (SSSR count). The van der Waals surface area contributed by atoms with Crippen molar-refractivity contribution in [1.29, 1.82) is 0 Å². The van der Waals surface area contributed by atoms with Gasteiger partial charge in [-0.25, -0.2) is 0 Å². The van der Waals surface area contributed by atoms with E-state index >= 15 is 0 Å². The van der Waals surface area contributed by atoms with Crippen molar-refractivity contribution in [3.8, 4) is 0 Å². The molecule has 0 amide bonds. The number of pyridine rings is 1. The van der Waals surface area contributed by atoms with Gasteiger partial charge in [0.25, 0.3) is 0 Å². The van der Waals surface area contributed by atoms with Gasteiger partial charge in [-0.1, -0.05) is 30.3 Å². The van der Waals surface area contributed by atoms with Gasteiger partial charge in [0.2, 0.25) is 0 Å². The maximum absolute atomic E-state index is 5.98. The molecule has 4 heteroatoms. The van der Waals surface area contributed by atoms with E-state index in [-0.39, 0.29) is 12.4 Å². The van der Waals surface area contributed by atoms with Crippen LogP contribution in [-0.4, -0.2) is 29.5 Å². The lowest BCUT2D eigenvalue weighted by Crippen LogP contribution is -2.23. The predicted octanol–water partition coefficient (Wildman–Crippen LogP) is 2.68. The summed E-state index contributed by atoms with van der Waals surface area (Å²) in [6.45, 7) is 3.92. The van der Waals surface area contributed by atoms with Crippen LogP contribution in [0.4, 0.5) is 0 Å². The summed E-state index contributed by atoms with van der Waals surface area (Å²) in [6.07, 6.45) is 3.72. The minimum Gasteiger partial charge on any atom is -0.330 e. The Labute approximate surface area is 132 Å². The summed E-state index contributed by atoms with van der Waals surface area (Å²) in [5, 5.41) is 0. The zero-order valence-corrected chi connectivity index (χ0v) is 12.9. The van der Waals surface area contributed by atoms with Crippen molar-refractivity contribution in [3.63, 3.8) is 0 Å². The number of nitrogens with zero attached hydrogens (tertiary/aromatic N) is 2. The highest BCUT2D eigenvalue weighted by molar-refractivity contribution is 5.85. The van der Waals surface area contributed by atoms with E-state index in [1.54, 1.807) is 0 Å². The fraction of sp³-hybridized carbons (Fsp3) is 0.353. The van der Waals surface area contributed by atoms with Crippen LogP contribution in [0.2, 0.25) is 0 Å². The molecule has 1 aliphatic rings. The second-order valence-electron chi connectivity index (χ2n) is 5.56. The summed E-state index contributed by atoms with van der Waals surface area (Å²) >= 11 is 0. The number of likely N-dealkylation sites (tertiary alicyclic amines) is 1. The number of aromatic nitrogens is 1. The fourth-order valence-corrected chi connectivity index (χ4v) is 3.15. The van der Waals surface area contributed by atoms with Gasteiger partial charge in [-0.3, -0.25) is 9.88 Å². The van der Waals surface area contributed by atoms with E-state index in [2.05, 4.69) is 52.3 Å². The van der Waals surface area contributed by atoms with E-state index in [4.69, 9.17) is 5.73 Å². The zero-order chi connectivity index (χ0) is 13.8. The molecule has 1 aromatic carbocycles. The Kier molecular flexibility index (Phi) is 5.74. The smallest absolute Gasteiger partial charge is 0.0271 e. The van der Waals surface area contributed by atoms with Gasteiger partial charge < -0.3 is 5.73 Å². The topological polar surface area (TPSA) is 42.1 Å². The third kappa shape index (κ3) is 3.82. The molecule has 2 heterocycles. The SMILES string of the molecule is Cl.NC[C@@H]1CN(Cc2ccncc2)C[C@H]1c1ccccc1. The second-order valence-corrected chi connectivity index (χ2v) is 5.56. The number of rotatable bonds is 4. The molecule has 0 aliphatic carbocycles. The Morgan fingerprint density at radius 1 is 1.05 bits per heavy atom. The lowest BCUT2D eigenvalue weighted by atomic mass is 9.89. The summed E-state index contributed by atoms with van der Waals surface area (Å²) in [7, 11) is 0. The van der Waals surface area contributed by atoms with E-state index in [1.807, 2.05) is 12.4 Å². The largest absolute Gasteiger partial charge is 0.330 e. The van der Waals surface area contributed by atoms with E-state index in [9.17, 15) is 0 Å². The molecular formula is C17H22ClN3. The van der Waals surface area contributed by atoms with E-state index in [0.717, 1.165) is 26.2 Å². The molecule has 1 aromatic heterocycles. The van der Waals surface area contributed by atoms with Crippen molar-refractivity contribution < 1.29 is 0 Å². The number of halogens is 1. The predicted molar refractivity (Wildman–Crippen MR) is 88.5 cm³/mol. The lowest BCUT2D eigenvalue weighted by molar-refractivity contribution is 0.317. The summed E-state index contributed by atoms with van der Waals surface area (Å²) in [4.78, 5) is 6.58. The van der Waals surface area contributed by atoms with E-state index in [1.165, 1.54) is 11.1 Å². The van der Waals surface area contributed by atoms with Crippen molar-refractivity contribution >= 4 is 12.4 Å². The summed E-state index contributed by atoms with van der Waals surface area (Å²) < 4.78 is 0. The van der Waals surface area contributed by atoms with E-state index < -0.39 is 0 Å². The van der Waals surface area contributed by atoms with Gasteiger partial charge in [-0.2, -0.15) is 0 Å². The molecule has 3 nitrogen and oxygen atoms in total. The van der Waals surface area contributed by atoms with Crippen LogP contribution < -0.4 is 5.73 Å². The van der Waals surface area contributed by atoms with Gasteiger partial charge in [0.15, 0.2) is 0 Å². The van der Waals surface area contributed by atoms with Crippen molar-refractivity contribution in [1.82, 2.24) is 9.88 Å². The average Bonchev–Trinajstić information content (AvgIpc) is 2.92. The first-order chi connectivity index (χ1) is 9.86. The maximum Gasteiger partial charge on any atom is 0.0271 e. The number of hydrogen-bond donors (Lipinski definition) is 1. The molecule has 2 aromatic rings. The summed E-state index contributed by atoms with van der Waals surface area (Å²) in [5.41, 5.74) is 8.72. The van der Waals surface area contributed by atoms with E-state index in [0.29, 0.717) is 11.8 Å². The first-order valence-corrected chi connectivity index (χ1v) is 7.23. The second kappa shape index (κ2) is 7.55. The highest BCUT2D eigenvalue weighted by Crippen LogP contribution is 2.32. The third-order valence-electron chi connectivity index (χ3n) is 4.20. The molecule has 21 heavy (non-hydrogen) atoms. The summed E-state index contributed by atoms with van der Waals surface area (Å²) in [5.74, 6) is 1.11. The zero-order valence-electron chi connectivity index (χ0n) is 12.1. The molecule has 0 saturated carbocycles. The Hall–Kier alpha value is -1.42. The van der Waals surface area contributed by atoms with Crippen LogP contribution in [0, 0.1) is 5.92 Å². The average molecular weight is 304 g/mol. The number of hydrogen-bond acceptors (Lipinski definition) is 3. The Bertz CT molecular complexity index is 532. The van der Waals surface area contributed by atoms with Crippen LogP contribution in [-0.2, 0) is 6.54 Å².